The average molecular weight is 152 g/mol. The molecule has 0 aromatic rings. The lowest BCUT2D eigenvalue weighted by atomic mass is 9.90. The molecule has 2 aliphatic carbocycles. The van der Waals surface area contributed by atoms with Gasteiger partial charge in [0, 0.05) is 0 Å². The van der Waals surface area contributed by atoms with E-state index in [1.165, 1.54) is 37.5 Å². The van der Waals surface area contributed by atoms with Crippen molar-refractivity contribution in [1.82, 2.24) is 0 Å². The highest BCUT2D eigenvalue weighted by atomic mass is 14.4. The van der Waals surface area contributed by atoms with Crippen LogP contribution in [0, 0.1) is 17.8 Å². The van der Waals surface area contributed by atoms with Crippen LogP contribution in [0.5, 0.6) is 0 Å². The van der Waals surface area contributed by atoms with Gasteiger partial charge in [0.15, 0.2) is 0 Å². The lowest BCUT2D eigenvalue weighted by molar-refractivity contribution is 0.361. The van der Waals surface area contributed by atoms with E-state index in [2.05, 4.69) is 6.92 Å². The van der Waals surface area contributed by atoms with Crippen LogP contribution in [0.25, 0.3) is 0 Å². The van der Waals surface area contributed by atoms with Crippen molar-refractivity contribution in [3.05, 3.63) is 0 Å². The summed E-state index contributed by atoms with van der Waals surface area (Å²) >= 11 is 0. The van der Waals surface area contributed by atoms with Gasteiger partial charge in [-0.3, -0.25) is 0 Å². The largest absolute Gasteiger partial charge is 0.0651 e. The van der Waals surface area contributed by atoms with E-state index < -0.39 is 0 Å². The lowest BCUT2D eigenvalue weighted by Crippen LogP contribution is -2.03. The lowest BCUT2D eigenvalue weighted by Gasteiger charge is -2.16. The maximum absolute atomic E-state index is 2.36. The Kier molecular flexibility index (Phi) is 2.20. The molecule has 3 atom stereocenters. The SMILES string of the molecule is CCC1CCCC2CC2CC1. The van der Waals surface area contributed by atoms with Crippen LogP contribution in [0.4, 0.5) is 0 Å². The molecular weight excluding hydrogens is 132 g/mol. The van der Waals surface area contributed by atoms with Crippen molar-refractivity contribution in [1.29, 1.82) is 0 Å². The first-order chi connectivity index (χ1) is 5.40. The van der Waals surface area contributed by atoms with Gasteiger partial charge in [-0.25, -0.2) is 0 Å². The summed E-state index contributed by atoms with van der Waals surface area (Å²) in [4.78, 5) is 0. The Bertz CT molecular complexity index is 128. The molecule has 3 unspecified atom stereocenters. The molecule has 0 N–H and O–H groups in total. The highest BCUT2D eigenvalue weighted by molar-refractivity contribution is 4.87. The summed E-state index contributed by atoms with van der Waals surface area (Å²) in [6, 6.07) is 0. The zero-order chi connectivity index (χ0) is 7.68. The topological polar surface area (TPSA) is 0 Å². The third kappa shape index (κ3) is 1.77. The van der Waals surface area contributed by atoms with Gasteiger partial charge in [-0.15, -0.1) is 0 Å². The summed E-state index contributed by atoms with van der Waals surface area (Å²) in [6.07, 6.45) is 10.7. The third-order valence-electron chi connectivity index (χ3n) is 3.78. The fourth-order valence-corrected chi connectivity index (χ4v) is 2.69. The smallest absolute Gasteiger partial charge is 0.0383 e. The Morgan fingerprint density at radius 2 is 1.82 bits per heavy atom. The van der Waals surface area contributed by atoms with Crippen LogP contribution in [-0.2, 0) is 0 Å². The molecule has 0 nitrogen and oxygen atoms in total. The summed E-state index contributed by atoms with van der Waals surface area (Å²) < 4.78 is 0. The molecule has 0 aliphatic heterocycles. The van der Waals surface area contributed by atoms with Crippen molar-refractivity contribution in [2.24, 2.45) is 17.8 Å². The van der Waals surface area contributed by atoms with Crippen molar-refractivity contribution in [2.45, 2.75) is 51.9 Å². The molecular formula is C11H20. The molecule has 2 saturated carbocycles. The summed E-state index contributed by atoms with van der Waals surface area (Å²) in [6.45, 7) is 2.36. The van der Waals surface area contributed by atoms with Crippen LogP contribution in [0.15, 0.2) is 0 Å². The monoisotopic (exact) mass is 152 g/mol. The molecule has 0 heteroatoms. The van der Waals surface area contributed by atoms with Crippen molar-refractivity contribution in [2.75, 3.05) is 0 Å². The first-order valence-corrected chi connectivity index (χ1v) is 5.40. The number of hydrogen-bond donors (Lipinski definition) is 0. The van der Waals surface area contributed by atoms with Crippen LogP contribution in [0.3, 0.4) is 0 Å². The molecule has 2 aliphatic rings. The van der Waals surface area contributed by atoms with Crippen molar-refractivity contribution in [3.8, 4) is 0 Å². The van der Waals surface area contributed by atoms with Gasteiger partial charge in [-0.1, -0.05) is 39.0 Å². The van der Waals surface area contributed by atoms with Crippen LogP contribution < -0.4 is 0 Å². The van der Waals surface area contributed by atoms with Gasteiger partial charge in [0.2, 0.25) is 0 Å². The second-order valence-corrected chi connectivity index (χ2v) is 4.54. The first kappa shape index (κ1) is 7.64. The Labute approximate surface area is 70.4 Å². The maximum atomic E-state index is 2.36. The minimum absolute atomic E-state index is 1.08. The van der Waals surface area contributed by atoms with Crippen molar-refractivity contribution < 1.29 is 0 Å². The Hall–Kier alpha value is 0. The average Bonchev–Trinajstić information content (AvgIpc) is 2.68. The molecule has 0 spiro atoms. The van der Waals surface area contributed by atoms with Gasteiger partial charge < -0.3 is 0 Å². The van der Waals surface area contributed by atoms with Gasteiger partial charge in [0.25, 0.3) is 0 Å². The summed E-state index contributed by atoms with van der Waals surface area (Å²) in [5, 5.41) is 0. The van der Waals surface area contributed by atoms with Gasteiger partial charge in [0.1, 0.15) is 0 Å². The van der Waals surface area contributed by atoms with E-state index in [0.29, 0.717) is 0 Å². The minimum Gasteiger partial charge on any atom is -0.0651 e. The predicted octanol–water partition coefficient (Wildman–Crippen LogP) is 3.61. The van der Waals surface area contributed by atoms with E-state index >= 15 is 0 Å². The number of rotatable bonds is 1. The molecule has 0 aromatic heterocycles. The summed E-state index contributed by atoms with van der Waals surface area (Å²) in [5.74, 6) is 3.42. The van der Waals surface area contributed by atoms with E-state index in [1.54, 1.807) is 19.3 Å². The fraction of sp³-hybridized carbons (Fsp3) is 1.00. The Morgan fingerprint density at radius 1 is 1.00 bits per heavy atom. The zero-order valence-electron chi connectivity index (χ0n) is 7.68. The predicted molar refractivity (Wildman–Crippen MR) is 48.5 cm³/mol. The van der Waals surface area contributed by atoms with E-state index in [4.69, 9.17) is 0 Å². The molecule has 11 heavy (non-hydrogen) atoms. The minimum atomic E-state index is 1.08. The van der Waals surface area contributed by atoms with Gasteiger partial charge >= 0.3 is 0 Å². The highest BCUT2D eigenvalue weighted by Gasteiger charge is 2.37. The Balaban J connectivity index is 1.80. The van der Waals surface area contributed by atoms with Gasteiger partial charge in [0.05, 0.1) is 0 Å². The molecule has 0 bridgehead atoms. The van der Waals surface area contributed by atoms with E-state index in [1.807, 2.05) is 0 Å². The van der Waals surface area contributed by atoms with Gasteiger partial charge in [-0.05, 0) is 30.6 Å². The van der Waals surface area contributed by atoms with Crippen molar-refractivity contribution in [3.63, 3.8) is 0 Å². The number of fused-ring (bicyclic) bond motifs is 1. The van der Waals surface area contributed by atoms with Gasteiger partial charge in [-0.2, -0.15) is 0 Å². The molecule has 0 radical (unpaired) electrons. The zero-order valence-corrected chi connectivity index (χ0v) is 7.68. The Morgan fingerprint density at radius 3 is 2.64 bits per heavy atom. The summed E-state index contributed by atoms with van der Waals surface area (Å²) in [7, 11) is 0. The quantitative estimate of drug-likeness (QED) is 0.538. The molecule has 0 saturated heterocycles. The molecule has 0 heterocycles. The van der Waals surface area contributed by atoms with Crippen LogP contribution in [-0.4, -0.2) is 0 Å². The van der Waals surface area contributed by atoms with Crippen LogP contribution in [0.1, 0.15) is 51.9 Å². The second-order valence-electron chi connectivity index (χ2n) is 4.54. The highest BCUT2D eigenvalue weighted by Crippen LogP contribution is 2.48. The fourth-order valence-electron chi connectivity index (χ4n) is 2.69. The standard InChI is InChI=1S/C11H20/c1-2-9-4-3-5-10-8-11(10)7-6-9/h9-11H,2-8H2,1H3. The second kappa shape index (κ2) is 3.16. The molecule has 0 aromatic carbocycles. The normalized spacial score (nSPS) is 43.9. The number of hydrogen-bond acceptors (Lipinski definition) is 0. The van der Waals surface area contributed by atoms with E-state index in [-0.39, 0.29) is 0 Å². The first-order valence-electron chi connectivity index (χ1n) is 5.40. The molecule has 64 valence electrons. The molecule has 2 rings (SSSR count). The molecule has 0 amide bonds. The van der Waals surface area contributed by atoms with E-state index in [0.717, 1.165) is 5.92 Å². The maximum Gasteiger partial charge on any atom is -0.0383 e. The van der Waals surface area contributed by atoms with E-state index in [9.17, 15) is 0 Å². The van der Waals surface area contributed by atoms with Crippen LogP contribution >= 0.6 is 0 Å². The van der Waals surface area contributed by atoms with Crippen molar-refractivity contribution >= 4 is 0 Å². The van der Waals surface area contributed by atoms with Crippen LogP contribution in [0.2, 0.25) is 0 Å². The third-order valence-corrected chi connectivity index (χ3v) is 3.78. The summed E-state index contributed by atoms with van der Waals surface area (Å²) in [5.41, 5.74) is 0. The molecule has 2 fully saturated rings.